The van der Waals surface area contributed by atoms with Gasteiger partial charge < -0.3 is 37.2 Å². The Balaban J connectivity index is 0.00000171. The molecule has 0 aliphatic heterocycles. The molecule has 3 aromatic carbocycles. The first-order valence-corrected chi connectivity index (χ1v) is 11.1. The Morgan fingerprint density at radius 1 is 0.594 bits per heavy atom. The summed E-state index contributed by atoms with van der Waals surface area (Å²) in [6, 6.07) is 33.0. The molecule has 1 aliphatic carbocycles. The molecule has 0 spiro atoms. The molecule has 4 rings (SSSR count). The van der Waals surface area contributed by atoms with Crippen molar-refractivity contribution < 1.29 is 57.7 Å². The van der Waals surface area contributed by atoms with Gasteiger partial charge in [-0.2, -0.15) is 0 Å². The predicted octanol–water partition coefficient (Wildman–Crippen LogP) is -1.79. The quantitative estimate of drug-likeness (QED) is 0.283. The van der Waals surface area contributed by atoms with Gasteiger partial charge in [-0.3, -0.25) is 0 Å². The van der Waals surface area contributed by atoms with Crippen molar-refractivity contribution >= 4 is 0 Å². The number of allylic oxidation sites excluding steroid dienone is 4. The second kappa shape index (κ2) is 11.7. The summed E-state index contributed by atoms with van der Waals surface area (Å²) in [4.78, 5) is 0. The third-order valence-electron chi connectivity index (χ3n) is 5.96. The molecule has 0 atom stereocenters. The third-order valence-corrected chi connectivity index (χ3v) is 6.85. The van der Waals surface area contributed by atoms with E-state index in [0.29, 0.717) is 0 Å². The molecule has 32 heavy (non-hydrogen) atoms. The van der Waals surface area contributed by atoms with Gasteiger partial charge in [0.05, 0.1) is 0 Å². The predicted molar refractivity (Wildman–Crippen MR) is 118 cm³/mol. The zero-order valence-electron chi connectivity index (χ0n) is 18.6. The number of hydrogen-bond donors (Lipinski definition) is 0. The van der Waals surface area contributed by atoms with E-state index >= 15 is 0 Å². The van der Waals surface area contributed by atoms with E-state index in [-0.39, 0.29) is 48.1 Å². The largest absolute Gasteiger partial charge is 1.00 e. The van der Waals surface area contributed by atoms with Gasteiger partial charge >= 0.3 is 187 Å². The monoisotopic (exact) mass is 516 g/mol. The average molecular weight is 518 g/mol. The van der Waals surface area contributed by atoms with E-state index in [0.717, 1.165) is 6.42 Å². The molecule has 164 valence electrons. The fourth-order valence-corrected chi connectivity index (χ4v) is 5.88. The number of rotatable bonds is 4. The average Bonchev–Trinajstić information content (AvgIpc) is 3.13. The van der Waals surface area contributed by atoms with Crippen molar-refractivity contribution in [2.24, 2.45) is 5.41 Å². The fraction of sp³-hybridized carbons (Fsp3) is 0.214. The molecule has 0 nitrogen and oxygen atoms in total. The van der Waals surface area contributed by atoms with E-state index in [1.54, 1.807) is 0 Å². The molecular weight excluding hydrogens is 491 g/mol. The van der Waals surface area contributed by atoms with Crippen LogP contribution in [0.2, 0.25) is 0 Å². The van der Waals surface area contributed by atoms with Gasteiger partial charge in [0.15, 0.2) is 0 Å². The van der Waals surface area contributed by atoms with Crippen LogP contribution in [0.15, 0.2) is 112 Å². The van der Waals surface area contributed by atoms with Gasteiger partial charge in [-0.25, -0.2) is 0 Å². The van der Waals surface area contributed by atoms with E-state index in [9.17, 15) is 0 Å². The molecule has 4 heteroatoms. The summed E-state index contributed by atoms with van der Waals surface area (Å²) in [6.07, 6.45) is 3.44. The van der Waals surface area contributed by atoms with E-state index in [2.05, 4.69) is 138 Å². The summed E-state index contributed by atoms with van der Waals surface area (Å²) in [5.41, 5.74) is 6.80. The van der Waals surface area contributed by atoms with Crippen molar-refractivity contribution in [1.82, 2.24) is 0 Å². The summed E-state index contributed by atoms with van der Waals surface area (Å²) in [7, 11) is 0. The maximum atomic E-state index is 2.45. The Kier molecular flexibility index (Phi) is 10.5. The van der Waals surface area contributed by atoms with Gasteiger partial charge in [-0.1, -0.05) is 0 Å². The van der Waals surface area contributed by atoms with Gasteiger partial charge in [-0.05, 0) is 0 Å². The maximum absolute atomic E-state index is 2.45. The Morgan fingerprint density at radius 3 is 1.22 bits per heavy atom. The van der Waals surface area contributed by atoms with Crippen LogP contribution < -0.4 is 37.2 Å². The fourth-order valence-electron chi connectivity index (χ4n) is 4.68. The van der Waals surface area contributed by atoms with Crippen LogP contribution >= 0.6 is 0 Å². The first-order chi connectivity index (χ1) is 14.0. The molecule has 0 N–H and O–H groups in total. The van der Waals surface area contributed by atoms with Crippen molar-refractivity contribution in [3.05, 3.63) is 129 Å². The topological polar surface area (TPSA) is 0 Å². The van der Waals surface area contributed by atoms with Gasteiger partial charge in [0.2, 0.25) is 0 Å². The molecule has 0 amide bonds. The van der Waals surface area contributed by atoms with Crippen LogP contribution in [0.25, 0.3) is 0 Å². The van der Waals surface area contributed by atoms with Gasteiger partial charge in [0.25, 0.3) is 0 Å². The minimum atomic E-state index is -0.294. The summed E-state index contributed by atoms with van der Waals surface area (Å²) in [5.74, 6) is 0. The summed E-state index contributed by atoms with van der Waals surface area (Å²) >= 11 is 2.32. The van der Waals surface area contributed by atoms with Crippen molar-refractivity contribution in [2.75, 3.05) is 0 Å². The zero-order valence-corrected chi connectivity index (χ0v) is 22.4. The molecule has 0 bridgehead atoms. The van der Waals surface area contributed by atoms with E-state index in [1.807, 2.05) is 0 Å². The molecule has 0 aromatic heterocycles. The molecule has 0 saturated heterocycles. The first kappa shape index (κ1) is 28.8. The standard InChI is InChI=1S/C28H27.3ClH.Ti/c1-27(2,3)25-19-20-26(21-25)28(22-13-7-4-8-14-22,23-15-9-5-10-16-23)24-17-11-6-12-18-24;;;;/h4-19H,20H2,1-3H3;3*1H;/q;;;;+3/p-3. The van der Waals surface area contributed by atoms with E-state index < -0.39 is 0 Å². The normalized spacial score (nSPS) is 13.5. The Bertz CT molecular complexity index is 953. The SMILES string of the molecule is CC(C)(C)C1=CCC(C(c2ccccc2)(c2ccccc2)c2ccccc2)=[C]1[Ti+3].[Cl-].[Cl-].[Cl-]. The molecular formula is C28H27Cl3Ti. The zero-order chi connectivity index (χ0) is 20.5. The molecule has 3 aromatic rings. The summed E-state index contributed by atoms with van der Waals surface area (Å²) in [5, 5.41) is 0. The minimum absolute atomic E-state index is 0. The molecule has 0 radical (unpaired) electrons. The van der Waals surface area contributed by atoms with Crippen LogP contribution in [0.4, 0.5) is 0 Å². The van der Waals surface area contributed by atoms with Crippen molar-refractivity contribution in [2.45, 2.75) is 32.6 Å². The summed E-state index contributed by atoms with van der Waals surface area (Å²) in [6.45, 7) is 6.96. The number of halogens is 3. The van der Waals surface area contributed by atoms with Crippen molar-refractivity contribution in [3.8, 4) is 0 Å². The molecule has 0 saturated carbocycles. The molecule has 0 unspecified atom stereocenters. The van der Waals surface area contributed by atoms with Crippen LogP contribution in [-0.4, -0.2) is 0 Å². The van der Waals surface area contributed by atoms with Gasteiger partial charge in [-0.15, -0.1) is 0 Å². The first-order valence-electron chi connectivity index (χ1n) is 10.3. The number of hydrogen-bond acceptors (Lipinski definition) is 0. The Hall–Kier alpha value is -1.28. The number of benzene rings is 3. The second-order valence-electron chi connectivity index (χ2n) is 8.77. The van der Waals surface area contributed by atoms with Crippen LogP contribution in [0.3, 0.4) is 0 Å². The molecule has 0 heterocycles. The third kappa shape index (κ3) is 5.11. The Labute approximate surface area is 223 Å². The van der Waals surface area contributed by atoms with E-state index in [1.165, 1.54) is 31.7 Å². The van der Waals surface area contributed by atoms with Gasteiger partial charge in [0.1, 0.15) is 0 Å². The van der Waals surface area contributed by atoms with Crippen LogP contribution in [0.1, 0.15) is 43.9 Å². The van der Waals surface area contributed by atoms with Crippen molar-refractivity contribution in [1.29, 1.82) is 0 Å². The van der Waals surface area contributed by atoms with Crippen LogP contribution in [0.5, 0.6) is 0 Å². The minimum Gasteiger partial charge on any atom is -1.00 e. The van der Waals surface area contributed by atoms with E-state index in [4.69, 9.17) is 0 Å². The smallest absolute Gasteiger partial charge is 1.00 e. The van der Waals surface area contributed by atoms with Crippen molar-refractivity contribution in [3.63, 3.8) is 0 Å². The maximum Gasteiger partial charge on any atom is -1.00 e. The van der Waals surface area contributed by atoms with Crippen LogP contribution in [0, 0.1) is 5.41 Å². The van der Waals surface area contributed by atoms with Crippen LogP contribution in [-0.2, 0) is 25.9 Å². The Morgan fingerprint density at radius 2 is 0.938 bits per heavy atom. The van der Waals surface area contributed by atoms with Gasteiger partial charge in [0, 0.05) is 0 Å². The second-order valence-corrected chi connectivity index (χ2v) is 9.55. The molecule has 1 aliphatic rings. The molecule has 0 fully saturated rings. The summed E-state index contributed by atoms with van der Waals surface area (Å²) < 4.78 is 1.44.